The average Bonchev–Trinajstić information content (AvgIpc) is 3.14. The van der Waals surface area contributed by atoms with Crippen molar-refractivity contribution in [2.45, 2.75) is 160 Å². The van der Waals surface area contributed by atoms with Crippen LogP contribution in [0.4, 0.5) is 0 Å². The van der Waals surface area contributed by atoms with Crippen LogP contribution in [-0.2, 0) is 38.1 Å². The van der Waals surface area contributed by atoms with E-state index < -0.39 is 90.0 Å². The Balaban J connectivity index is 1.70. The summed E-state index contributed by atoms with van der Waals surface area (Å²) >= 11 is 0. The molecule has 0 aromatic heterocycles. The number of ketones is 2. The van der Waals surface area contributed by atoms with Crippen molar-refractivity contribution in [2.24, 2.45) is 29.6 Å². The maximum absolute atomic E-state index is 14.1. The fraction of sp³-hybridized carbons (Fsp3) is 0.805. The van der Waals surface area contributed by atoms with Crippen LogP contribution in [0.1, 0.15) is 106 Å². The minimum Gasteiger partial charge on any atom is -0.460 e. The van der Waals surface area contributed by atoms with Gasteiger partial charge >= 0.3 is 5.97 Å². The van der Waals surface area contributed by atoms with Crippen molar-refractivity contribution in [1.29, 1.82) is 0 Å². The van der Waals surface area contributed by atoms with Crippen LogP contribution in [-0.4, -0.2) is 124 Å². The lowest BCUT2D eigenvalue weighted by Crippen LogP contribution is -2.64. The Labute approximate surface area is 320 Å². The minimum atomic E-state index is -2.50. The highest BCUT2D eigenvalue weighted by molar-refractivity contribution is 6.39. The summed E-state index contributed by atoms with van der Waals surface area (Å²) in [7, 11) is 3.05. The number of Topliss-reactive ketones (excluding diaryl/α,β-unsaturated/α-hetero) is 2. The summed E-state index contributed by atoms with van der Waals surface area (Å²) in [6.07, 6.45) is 1.76. The number of carbonyl (C=O) groups excluding carboxylic acids is 4. The maximum Gasteiger partial charge on any atom is 0.329 e. The number of carbonyl (C=O) groups is 4. The number of rotatable bonds is 6. The van der Waals surface area contributed by atoms with E-state index in [0.29, 0.717) is 50.5 Å². The normalized spacial score (nSPS) is 40.7. The first kappa shape index (κ1) is 44.2. The molecule has 306 valence electrons. The van der Waals surface area contributed by atoms with Crippen molar-refractivity contribution in [2.75, 3.05) is 20.8 Å². The van der Waals surface area contributed by atoms with E-state index in [2.05, 4.69) is 0 Å². The minimum absolute atomic E-state index is 0.0303. The Bertz CT molecular complexity index is 1400. The Morgan fingerprint density at radius 1 is 0.963 bits per heavy atom. The number of aliphatic hydroxyl groups excluding tert-OH is 3. The molecule has 4 rings (SSSR count). The molecule has 0 aromatic carbocycles. The van der Waals surface area contributed by atoms with Crippen molar-refractivity contribution in [3.8, 4) is 0 Å². The van der Waals surface area contributed by atoms with E-state index in [-0.39, 0.29) is 43.4 Å². The third-order valence-corrected chi connectivity index (χ3v) is 12.4. The van der Waals surface area contributed by atoms with Crippen molar-refractivity contribution >= 4 is 23.4 Å². The molecule has 1 aliphatic carbocycles. The third kappa shape index (κ3) is 10.3. The highest BCUT2D eigenvalue weighted by atomic mass is 16.7. The molecule has 3 aliphatic heterocycles. The van der Waals surface area contributed by atoms with Gasteiger partial charge in [0.05, 0.1) is 30.5 Å². The molecular formula is C41H65NO12. The van der Waals surface area contributed by atoms with Gasteiger partial charge < -0.3 is 44.3 Å². The number of allylic oxidation sites excluding steroid dienone is 3. The maximum atomic E-state index is 14.1. The number of hydrogen-bond acceptors (Lipinski definition) is 12. The van der Waals surface area contributed by atoms with Gasteiger partial charge in [0.25, 0.3) is 11.7 Å². The van der Waals surface area contributed by atoms with E-state index in [1.165, 1.54) is 14.2 Å². The number of hydrogen-bond donors (Lipinski definition) is 4. The first-order valence-electron chi connectivity index (χ1n) is 19.9. The van der Waals surface area contributed by atoms with Crippen LogP contribution in [0.25, 0.3) is 0 Å². The van der Waals surface area contributed by atoms with Gasteiger partial charge in [0, 0.05) is 44.9 Å². The molecule has 0 spiro atoms. The first-order chi connectivity index (χ1) is 25.4. The van der Waals surface area contributed by atoms with Crippen LogP contribution >= 0.6 is 0 Å². The number of ether oxygens (including phenoxy) is 4. The van der Waals surface area contributed by atoms with E-state index in [0.717, 1.165) is 10.5 Å². The fourth-order valence-electron chi connectivity index (χ4n) is 8.90. The van der Waals surface area contributed by atoms with Gasteiger partial charge in [-0.05, 0) is 89.0 Å². The second kappa shape index (κ2) is 19.1. The summed E-state index contributed by atoms with van der Waals surface area (Å²) in [5.41, 5.74) is 1.55. The first-order valence-corrected chi connectivity index (χ1v) is 19.9. The second-order valence-electron chi connectivity index (χ2n) is 16.7. The molecule has 13 nitrogen and oxygen atoms in total. The van der Waals surface area contributed by atoms with Gasteiger partial charge in [-0.15, -0.1) is 0 Å². The van der Waals surface area contributed by atoms with Gasteiger partial charge in [-0.1, -0.05) is 45.4 Å². The molecule has 1 saturated carbocycles. The fourth-order valence-corrected chi connectivity index (χ4v) is 8.90. The Kier molecular flexibility index (Phi) is 15.6. The zero-order valence-corrected chi connectivity index (χ0v) is 33.4. The molecule has 4 aliphatic rings. The summed E-state index contributed by atoms with van der Waals surface area (Å²) in [4.78, 5) is 57.2. The van der Waals surface area contributed by atoms with Gasteiger partial charge in [-0.3, -0.25) is 14.4 Å². The number of cyclic esters (lactones) is 1. The van der Waals surface area contributed by atoms with E-state index >= 15 is 0 Å². The van der Waals surface area contributed by atoms with Gasteiger partial charge in [-0.25, -0.2) is 4.79 Å². The monoisotopic (exact) mass is 763 g/mol. The molecular weight excluding hydrogens is 698 g/mol. The molecule has 1 amide bonds. The summed E-state index contributed by atoms with van der Waals surface area (Å²) in [6.45, 7) is 10.9. The Hall–Kier alpha value is -2.52. The Morgan fingerprint density at radius 2 is 1.63 bits per heavy atom. The van der Waals surface area contributed by atoms with Crippen LogP contribution in [0.5, 0.6) is 0 Å². The lowest BCUT2D eigenvalue weighted by atomic mass is 9.82. The molecule has 3 fully saturated rings. The predicted molar refractivity (Wildman–Crippen MR) is 199 cm³/mol. The van der Waals surface area contributed by atoms with Crippen LogP contribution < -0.4 is 0 Å². The molecule has 13 heteroatoms. The molecule has 2 bridgehead atoms. The molecule has 1 unspecified atom stereocenters. The number of amides is 1. The van der Waals surface area contributed by atoms with Crippen molar-refractivity contribution in [1.82, 2.24) is 4.90 Å². The van der Waals surface area contributed by atoms with E-state index in [1.54, 1.807) is 27.7 Å². The number of esters is 1. The summed E-state index contributed by atoms with van der Waals surface area (Å²) in [5.74, 6) is -7.87. The quantitative estimate of drug-likeness (QED) is 0.176. The molecule has 2 saturated heterocycles. The number of aliphatic hydroxyl groups is 4. The SMILES string of the molecule is CO[C@H]1CC(C)C/C(C)=C/[C@@H](C)C(=O)C[C@H]([C@@H](C)[C@H](O)/C(C)=C/[C@@H]2CC[C@@H](O)[C@H](O)C2)OC(=O)[C@@H]2CCCCN2C(=O)C(=O)[C@]2(O)O[C@H]1[C@@H](OC)C[C@H]2C. The van der Waals surface area contributed by atoms with Gasteiger partial charge in [0.1, 0.15) is 24.0 Å². The number of methoxy groups -OCH3 is 2. The third-order valence-electron chi connectivity index (χ3n) is 12.4. The summed E-state index contributed by atoms with van der Waals surface area (Å²) < 4.78 is 23.9. The van der Waals surface area contributed by atoms with Crippen LogP contribution in [0.3, 0.4) is 0 Å². The smallest absolute Gasteiger partial charge is 0.329 e. The molecule has 3 heterocycles. The van der Waals surface area contributed by atoms with Crippen LogP contribution in [0.2, 0.25) is 0 Å². The zero-order chi connectivity index (χ0) is 40.1. The Morgan fingerprint density at radius 3 is 2.28 bits per heavy atom. The lowest BCUT2D eigenvalue weighted by molar-refractivity contribution is -0.302. The number of fused-ring (bicyclic) bond motifs is 3. The second-order valence-corrected chi connectivity index (χ2v) is 16.7. The van der Waals surface area contributed by atoms with Crippen molar-refractivity contribution < 1.29 is 58.6 Å². The molecule has 0 aromatic rings. The lowest BCUT2D eigenvalue weighted by Gasteiger charge is -2.47. The molecule has 4 N–H and O–H groups in total. The topological polar surface area (TPSA) is 189 Å². The average molecular weight is 764 g/mol. The van der Waals surface area contributed by atoms with Gasteiger partial charge in [0.15, 0.2) is 0 Å². The zero-order valence-electron chi connectivity index (χ0n) is 33.4. The van der Waals surface area contributed by atoms with E-state index in [1.807, 2.05) is 26.0 Å². The molecule has 14 atom stereocenters. The van der Waals surface area contributed by atoms with Gasteiger partial charge in [0.2, 0.25) is 5.79 Å². The van der Waals surface area contributed by atoms with Crippen LogP contribution in [0, 0.1) is 29.6 Å². The largest absolute Gasteiger partial charge is 0.460 e. The van der Waals surface area contributed by atoms with Crippen molar-refractivity contribution in [3.63, 3.8) is 0 Å². The molecule has 54 heavy (non-hydrogen) atoms. The molecule has 0 radical (unpaired) electrons. The standard InChI is InChI=1S/C41H65NO12/c1-22-15-23(2)17-34(51-7)37-35(52-8)19-26(5)41(50,54-37)38(47)39(48)42-14-10-9-11-29(42)40(49)53-33(21-31(44)24(3)16-22)27(6)36(46)25(4)18-28-12-13-30(43)32(45)20-28/h16,18,23-24,26-30,32-37,43,45-46,50H,9-15,17,19-21H2,1-8H3/b22-16+,25-18+/t23?,24-,26-,27-,28+,29+,30-,32-,33-,34+,35+,36-,37-,41-/m1/s1. The summed E-state index contributed by atoms with van der Waals surface area (Å²) in [5, 5.41) is 43.7. The van der Waals surface area contributed by atoms with E-state index in [4.69, 9.17) is 18.9 Å². The summed E-state index contributed by atoms with van der Waals surface area (Å²) in [6, 6.07) is -1.16. The van der Waals surface area contributed by atoms with Gasteiger partial charge in [-0.2, -0.15) is 0 Å². The van der Waals surface area contributed by atoms with Crippen molar-refractivity contribution in [3.05, 3.63) is 23.3 Å². The predicted octanol–water partition coefficient (Wildman–Crippen LogP) is 3.43. The number of piperidine rings is 1. The van der Waals surface area contributed by atoms with Crippen LogP contribution in [0.15, 0.2) is 23.3 Å². The highest BCUT2D eigenvalue weighted by Crippen LogP contribution is 2.39. The highest BCUT2D eigenvalue weighted by Gasteiger charge is 2.56. The van der Waals surface area contributed by atoms with E-state index in [9.17, 15) is 39.6 Å². The number of nitrogens with zero attached hydrogens (tertiary/aromatic N) is 1.